The summed E-state index contributed by atoms with van der Waals surface area (Å²) in [5, 5.41) is 0. The van der Waals surface area contributed by atoms with Gasteiger partial charge in [-0.2, -0.15) is 0 Å². The van der Waals surface area contributed by atoms with Crippen LogP contribution in [0.15, 0.2) is 0 Å². The van der Waals surface area contributed by atoms with Crippen LogP contribution < -0.4 is 0 Å². The second-order valence-electron chi connectivity index (χ2n) is 9.39. The topological polar surface area (TPSA) is 0 Å². The molecule has 0 radical (unpaired) electrons. The van der Waals surface area contributed by atoms with E-state index in [9.17, 15) is 0 Å². The smallest absolute Gasteiger partial charge is 0.0782 e. The zero-order chi connectivity index (χ0) is 21.3. The Morgan fingerprint density at radius 1 is 0.357 bits per heavy atom. The zero-order valence-electron chi connectivity index (χ0n) is 21.3. The van der Waals surface area contributed by atoms with Gasteiger partial charge in [-0.25, -0.2) is 0 Å². The molecule has 0 aromatic carbocycles. The molecule has 0 aliphatic heterocycles. The molecule has 28 heavy (non-hydrogen) atoms. The number of quaternary nitrogens is 1. The summed E-state index contributed by atoms with van der Waals surface area (Å²) in [6.45, 7) is 11.4. The van der Waals surface area contributed by atoms with Gasteiger partial charge in [-0.15, -0.1) is 0 Å². The van der Waals surface area contributed by atoms with E-state index in [-0.39, 0.29) is 0 Å². The van der Waals surface area contributed by atoms with E-state index in [1.165, 1.54) is 140 Å². The highest BCUT2D eigenvalue weighted by molar-refractivity contribution is 4.49. The predicted molar refractivity (Wildman–Crippen MR) is 132 cm³/mol. The fourth-order valence-corrected chi connectivity index (χ4v) is 3.99. The Bertz CT molecular complexity index is 259. The average Bonchev–Trinajstić information content (AvgIpc) is 2.69. The molecule has 0 atom stereocenters. The number of nitrogens with zero attached hydrogens (tertiary/aromatic N) is 1. The highest BCUT2D eigenvalue weighted by Gasteiger charge is 2.13. The summed E-state index contributed by atoms with van der Waals surface area (Å²) in [5.41, 5.74) is 0. The molecule has 0 bridgehead atoms. The van der Waals surface area contributed by atoms with Gasteiger partial charge in [-0.1, -0.05) is 124 Å². The molecule has 1 nitrogen and oxygen atoms in total. The Kier molecular flexibility index (Phi) is 26.9. The molecule has 0 aliphatic rings. The van der Waals surface area contributed by atoms with Crippen molar-refractivity contribution in [3.05, 3.63) is 0 Å². The first kappa shape index (κ1) is 30.2. The Hall–Kier alpha value is -0.0400. The maximum absolute atomic E-state index is 2.44. The van der Waals surface area contributed by atoms with Gasteiger partial charge in [0.1, 0.15) is 0 Å². The summed E-state index contributed by atoms with van der Waals surface area (Å²) in [5.74, 6) is 0. The predicted octanol–water partition coefficient (Wildman–Crippen LogP) is 9.54. The molecule has 0 aromatic heterocycles. The summed E-state index contributed by atoms with van der Waals surface area (Å²) >= 11 is 0. The highest BCUT2D eigenvalue weighted by Crippen LogP contribution is 2.13. The molecule has 0 aliphatic carbocycles. The van der Waals surface area contributed by atoms with Crippen molar-refractivity contribution in [2.75, 3.05) is 27.2 Å². The SMILES string of the molecule is CC.CCCCCCCCCCCC[N+](C)(C)CCCCCCCCCCC. The molecule has 0 aromatic rings. The number of hydrogen-bond acceptors (Lipinski definition) is 0. The van der Waals surface area contributed by atoms with Gasteiger partial charge >= 0.3 is 0 Å². The maximum Gasteiger partial charge on any atom is 0.0782 e. The lowest BCUT2D eigenvalue weighted by molar-refractivity contribution is -0.890. The van der Waals surface area contributed by atoms with E-state index in [1.807, 2.05) is 13.8 Å². The van der Waals surface area contributed by atoms with Crippen molar-refractivity contribution in [1.29, 1.82) is 0 Å². The standard InChI is InChI=1S/C25H54N.C2H6/c1-5-7-9-11-13-15-17-19-21-23-25-26(3,4)24-22-20-18-16-14-12-10-8-6-2;1-2/h5-25H2,1-4H3;1-2H3/q+1;. The van der Waals surface area contributed by atoms with Crippen molar-refractivity contribution < 1.29 is 4.48 Å². The van der Waals surface area contributed by atoms with E-state index in [0.29, 0.717) is 0 Å². The van der Waals surface area contributed by atoms with Crippen molar-refractivity contribution in [2.45, 2.75) is 150 Å². The first-order valence-electron chi connectivity index (χ1n) is 13.4. The third kappa shape index (κ3) is 26.0. The van der Waals surface area contributed by atoms with Gasteiger partial charge in [0.2, 0.25) is 0 Å². The molecule has 0 rings (SSSR count). The van der Waals surface area contributed by atoms with Crippen LogP contribution in [0.4, 0.5) is 0 Å². The molecule has 0 saturated heterocycles. The third-order valence-electron chi connectivity index (χ3n) is 5.98. The first-order valence-corrected chi connectivity index (χ1v) is 13.4. The molecule has 1 heteroatoms. The van der Waals surface area contributed by atoms with Crippen molar-refractivity contribution in [3.8, 4) is 0 Å². The van der Waals surface area contributed by atoms with E-state index >= 15 is 0 Å². The van der Waals surface area contributed by atoms with Gasteiger partial charge in [0, 0.05) is 0 Å². The van der Waals surface area contributed by atoms with Crippen molar-refractivity contribution >= 4 is 0 Å². The lowest BCUT2D eigenvalue weighted by Crippen LogP contribution is -2.41. The Morgan fingerprint density at radius 2 is 0.571 bits per heavy atom. The molecule has 0 N–H and O–H groups in total. The monoisotopic (exact) mass is 398 g/mol. The van der Waals surface area contributed by atoms with Crippen LogP contribution in [-0.4, -0.2) is 31.7 Å². The van der Waals surface area contributed by atoms with Crippen LogP contribution in [0.5, 0.6) is 0 Å². The van der Waals surface area contributed by atoms with Crippen molar-refractivity contribution in [2.24, 2.45) is 0 Å². The lowest BCUT2D eigenvalue weighted by atomic mass is 10.1. The molecular formula is C27H60N+. The zero-order valence-corrected chi connectivity index (χ0v) is 21.3. The second-order valence-corrected chi connectivity index (χ2v) is 9.39. The van der Waals surface area contributed by atoms with E-state index < -0.39 is 0 Å². The lowest BCUT2D eigenvalue weighted by Gasteiger charge is -2.30. The van der Waals surface area contributed by atoms with Crippen LogP contribution >= 0.6 is 0 Å². The summed E-state index contributed by atoms with van der Waals surface area (Å²) < 4.78 is 1.24. The summed E-state index contributed by atoms with van der Waals surface area (Å²) in [6.07, 6.45) is 27.5. The number of hydrogen-bond donors (Lipinski definition) is 0. The van der Waals surface area contributed by atoms with Gasteiger partial charge < -0.3 is 4.48 Å². The van der Waals surface area contributed by atoms with Crippen LogP contribution in [0.1, 0.15) is 150 Å². The van der Waals surface area contributed by atoms with Crippen LogP contribution in [0.2, 0.25) is 0 Å². The molecule has 0 amide bonds. The van der Waals surface area contributed by atoms with Gasteiger partial charge in [-0.3, -0.25) is 0 Å². The fourth-order valence-electron chi connectivity index (χ4n) is 3.99. The normalized spacial score (nSPS) is 11.4. The van der Waals surface area contributed by atoms with Gasteiger partial charge in [0.05, 0.1) is 27.2 Å². The largest absolute Gasteiger partial charge is 0.328 e. The van der Waals surface area contributed by atoms with Crippen LogP contribution in [0.25, 0.3) is 0 Å². The van der Waals surface area contributed by atoms with Crippen LogP contribution in [-0.2, 0) is 0 Å². The summed E-state index contributed by atoms with van der Waals surface area (Å²) in [4.78, 5) is 0. The number of rotatable bonds is 21. The molecule has 0 saturated carbocycles. The Morgan fingerprint density at radius 3 is 0.821 bits per heavy atom. The minimum absolute atomic E-state index is 1.24. The second kappa shape index (κ2) is 25.0. The van der Waals surface area contributed by atoms with E-state index in [0.717, 1.165) is 0 Å². The van der Waals surface area contributed by atoms with E-state index in [4.69, 9.17) is 0 Å². The van der Waals surface area contributed by atoms with Crippen LogP contribution in [0.3, 0.4) is 0 Å². The maximum atomic E-state index is 2.44. The summed E-state index contributed by atoms with van der Waals surface area (Å²) in [6, 6.07) is 0. The fraction of sp³-hybridized carbons (Fsp3) is 1.00. The minimum Gasteiger partial charge on any atom is -0.328 e. The average molecular weight is 399 g/mol. The van der Waals surface area contributed by atoms with Crippen molar-refractivity contribution in [1.82, 2.24) is 0 Å². The first-order chi connectivity index (χ1) is 13.6. The molecule has 0 fully saturated rings. The molecule has 172 valence electrons. The van der Waals surface area contributed by atoms with Gasteiger partial charge in [0.15, 0.2) is 0 Å². The number of unbranched alkanes of at least 4 members (excludes halogenated alkanes) is 17. The minimum atomic E-state index is 1.24. The van der Waals surface area contributed by atoms with Crippen molar-refractivity contribution in [3.63, 3.8) is 0 Å². The van der Waals surface area contributed by atoms with Gasteiger partial charge in [-0.05, 0) is 25.7 Å². The highest BCUT2D eigenvalue weighted by atomic mass is 15.3. The molecule has 0 spiro atoms. The Labute approximate surface area is 181 Å². The molecule has 0 unspecified atom stereocenters. The third-order valence-corrected chi connectivity index (χ3v) is 5.98. The summed E-state index contributed by atoms with van der Waals surface area (Å²) in [7, 11) is 4.89. The molecule has 0 heterocycles. The Balaban J connectivity index is 0. The molecular weight excluding hydrogens is 338 g/mol. The van der Waals surface area contributed by atoms with Gasteiger partial charge in [0.25, 0.3) is 0 Å². The van der Waals surface area contributed by atoms with Crippen LogP contribution in [0, 0.1) is 0 Å². The van der Waals surface area contributed by atoms with E-state index in [2.05, 4.69) is 27.9 Å². The van der Waals surface area contributed by atoms with E-state index in [1.54, 1.807) is 0 Å². The quantitative estimate of drug-likeness (QED) is 0.133.